The first-order valence-corrected chi connectivity index (χ1v) is 40.6. The predicted molar refractivity (Wildman–Crippen MR) is 553 cm³/mol. The van der Waals surface area contributed by atoms with Crippen molar-refractivity contribution in [2.75, 3.05) is 0 Å². The number of aromatic nitrogens is 12. The smallest absolute Gasteiger partial charge is 0.142 e. The molecule has 0 N–H and O–H groups in total. The second-order valence-corrected chi connectivity index (χ2v) is 29.6. The molecule has 144 heavy (non-hydrogen) atoms. The number of benzene rings is 12. The minimum Gasteiger partial charge on any atom is -0.340 e. The molecule has 25 heteroatoms. The molecule has 0 fully saturated rings. The Morgan fingerprint density at radius 2 is 0.514 bits per heavy atom. The fourth-order valence-corrected chi connectivity index (χ4v) is 13.9. The molecule has 0 saturated heterocycles. The molecule has 0 spiro atoms. The van der Waals surface area contributed by atoms with E-state index in [0.717, 1.165) is 104 Å². The zero-order valence-electron chi connectivity index (χ0n) is 128. The molecule has 4 atom stereocenters. The molecule has 0 saturated carbocycles. The number of imidazole rings is 6. The Bertz CT molecular complexity index is 9890. The molecule has 6 radical (unpaired) electrons. The van der Waals surface area contributed by atoms with E-state index in [1.54, 1.807) is 29.7 Å². The topological polar surface area (TPSA) is 133 Å². The average molecular weight is 3010 g/mol. The van der Waals surface area contributed by atoms with Crippen LogP contribution in [0.15, 0.2) is 268 Å². The molecule has 0 aliphatic rings. The van der Waals surface area contributed by atoms with Crippen LogP contribution in [0.3, 0.4) is 0 Å². The largest absolute Gasteiger partial charge is 0.340 e. The van der Waals surface area contributed by atoms with E-state index in [9.17, 15) is 4.39 Å². The van der Waals surface area contributed by atoms with Gasteiger partial charge in [0.2, 0.25) is 0 Å². The molecular weight excluding hydrogens is 2850 g/mol. The number of aryl methyl sites for hydroxylation is 11. The van der Waals surface area contributed by atoms with Crippen molar-refractivity contribution in [3.8, 4) is 102 Å². The summed E-state index contributed by atoms with van der Waals surface area (Å²) in [5, 5.41) is 0. The molecule has 0 bridgehead atoms. The van der Waals surface area contributed by atoms with Crippen LogP contribution in [0.4, 0.5) is 38.5 Å². The van der Waals surface area contributed by atoms with Crippen molar-refractivity contribution in [2.45, 2.75) is 154 Å². The third kappa shape index (κ3) is 27.0. The van der Waals surface area contributed by atoms with Crippen LogP contribution >= 0.6 is 0 Å². The fourth-order valence-electron chi connectivity index (χ4n) is 13.9. The first kappa shape index (κ1) is 61.7. The van der Waals surface area contributed by atoms with Gasteiger partial charge in [-0.3, -0.25) is 63.4 Å². The summed E-state index contributed by atoms with van der Waals surface area (Å²) in [6.45, 7) is 20.7. The Kier molecular flexibility index (Phi) is 23.3. The van der Waals surface area contributed by atoms with Crippen LogP contribution in [0.5, 0.6) is 0 Å². The fraction of sp³-hybridized carbons (Fsp3) is 0.193. The maximum atomic E-state index is 13.7. The summed E-state index contributed by atoms with van der Waals surface area (Å²) < 4.78 is 436. The van der Waals surface area contributed by atoms with Gasteiger partial charge in [0.1, 0.15) is 34.1 Å². The molecule has 6 heterocycles. The number of nitrogens with zero attached hydrogens (tertiary/aromatic N) is 18. The standard InChI is InChI=1S/C23H24N3.C22H22N3.2C19H16N3.C18H13FN3.C18H14N3.6Ir/c1-15(2)19-8-7-9-20(16(3)4)22(19)26-13-12-25-23(26)18-11-10-17(5)21(14-18)24-6;1-15(2)19-10-7-11-20(16(3)4)21(19)25-13-12-24-22(25)17-8-6-9-18(14-17)23-5;2*1-13-8-9-16(12-17(13)20-4)19-21-10-11-22(19)18-14(2)6-5-7-15(18)3;1-12-5-4-6-13(2)17(12)22-10-9-21-18(22)14-7-8-15(19)16(11-14)20-3;1-13-6-4-7-14(2)17(13)21-11-10-20-18(21)15-8-5-9-16(12-15)19-3;;;;;;/h7-10,12-16H,1-5H3;6-7,9-16H,1-4H3;2*5-8,10-12H,1-3H3;4-6,8-11H,1-2H3;4-7,9-12H,1-2H3;;;;;;/q6*-1;;;;;;/i2*1D3,3D3,12D,13D,15D,16D;2*1D3,2D3,3D3,10D,11D;1D3,2D3,9D,10D;10D,11D;;;;;;. The van der Waals surface area contributed by atoms with Gasteiger partial charge in [-0.1, -0.05) is 185 Å². The summed E-state index contributed by atoms with van der Waals surface area (Å²) in [5.41, 5.74) is -0.120. The predicted octanol–water partition coefficient (Wildman–Crippen LogP) is 31.4. The second kappa shape index (κ2) is 54.4. The summed E-state index contributed by atoms with van der Waals surface area (Å²) >= 11 is 0. The summed E-state index contributed by atoms with van der Waals surface area (Å²) in [5.74, 6) is -10.2. The Balaban J connectivity index is 0.000000312. The van der Waals surface area contributed by atoms with Gasteiger partial charge < -0.3 is 27.4 Å². The maximum absolute atomic E-state index is 13.7. The zero-order chi connectivity index (χ0) is 143. The van der Waals surface area contributed by atoms with Gasteiger partial charge in [0.15, 0.2) is 0 Å². The van der Waals surface area contributed by atoms with E-state index >= 15 is 0 Å². The van der Waals surface area contributed by atoms with Crippen LogP contribution in [0.25, 0.3) is 132 Å². The minimum absolute atomic E-state index is 0. The zero-order valence-corrected chi connectivity index (χ0v) is 90.3. The van der Waals surface area contributed by atoms with Crippen molar-refractivity contribution in [1.29, 1.82) is 0 Å². The van der Waals surface area contributed by atoms with Crippen LogP contribution < -0.4 is 0 Å². The maximum Gasteiger partial charge on any atom is 0.142 e. The third-order valence-corrected chi connectivity index (χ3v) is 20.4. The van der Waals surface area contributed by atoms with Gasteiger partial charge >= 0.3 is 0 Å². The summed E-state index contributed by atoms with van der Waals surface area (Å²) in [4.78, 5) is 44.1. The number of rotatable bonds is 16. The molecule has 0 aliphatic heterocycles. The molecule has 18 nitrogen and oxygen atoms in total. The van der Waals surface area contributed by atoms with Gasteiger partial charge in [-0.2, -0.15) is 30.3 Å². The number of halogens is 1. The average Bonchev–Trinajstić information content (AvgIpc) is 1.43. The summed E-state index contributed by atoms with van der Waals surface area (Å²) in [7, 11) is 0. The monoisotopic (exact) mass is 3010 g/mol. The molecule has 4 unspecified atom stereocenters. The van der Waals surface area contributed by atoms with E-state index < -0.39 is 173 Å². The quantitative estimate of drug-likeness (QED) is 0.0885. The Morgan fingerprint density at radius 3 is 0.778 bits per heavy atom. The van der Waals surface area contributed by atoms with E-state index in [-0.39, 0.29) is 314 Å². The van der Waals surface area contributed by atoms with Crippen molar-refractivity contribution in [3.05, 3.63) is 462 Å². The van der Waals surface area contributed by atoms with Crippen molar-refractivity contribution in [3.63, 3.8) is 0 Å². The number of para-hydroxylation sites is 6. The Morgan fingerprint density at radius 1 is 0.285 bits per heavy atom. The van der Waals surface area contributed by atoms with Crippen molar-refractivity contribution in [2.24, 2.45) is 0 Å². The molecule has 0 aliphatic carbocycles. The van der Waals surface area contributed by atoms with Crippen molar-refractivity contribution in [1.82, 2.24) is 57.3 Å². The van der Waals surface area contributed by atoms with E-state index in [1.165, 1.54) is 121 Å². The molecular formula is C119H105FIr6N18-6. The van der Waals surface area contributed by atoms with Crippen LogP contribution in [0.1, 0.15) is 233 Å². The molecule has 12 aromatic carbocycles. The Hall–Kier alpha value is -13.3. The van der Waals surface area contributed by atoms with Crippen LogP contribution in [-0.2, 0) is 121 Å². The van der Waals surface area contributed by atoms with E-state index in [4.69, 9.17) is 111 Å². The first-order valence-electron chi connectivity index (χ1n) is 66.6. The summed E-state index contributed by atoms with van der Waals surface area (Å²) in [6.07, 6.45) is -5.47. The molecule has 18 aromatic rings. The Labute approximate surface area is 1000 Å². The molecule has 738 valence electrons. The van der Waals surface area contributed by atoms with E-state index in [2.05, 4.69) is 95.4 Å². The summed E-state index contributed by atoms with van der Waals surface area (Å²) in [6, 6.07) is 60.6. The van der Waals surface area contributed by atoms with Crippen molar-refractivity contribution < 1.29 is 196 Å². The van der Waals surface area contributed by atoms with E-state index in [0.29, 0.717) is 22.6 Å². The second-order valence-electron chi connectivity index (χ2n) is 29.6. The van der Waals surface area contributed by atoms with Gasteiger partial charge in [0.25, 0.3) is 0 Å². The van der Waals surface area contributed by atoms with Crippen LogP contribution in [0.2, 0.25) is 0 Å². The first-order chi connectivity index (χ1) is 87.3. The van der Waals surface area contributed by atoms with Crippen LogP contribution in [0, 0.1) is 157 Å². The molecule has 6 aromatic heterocycles. The third-order valence-electron chi connectivity index (χ3n) is 20.4. The van der Waals surface area contributed by atoms with Gasteiger partial charge in [-0.05, 0) is 145 Å². The molecule has 0 amide bonds. The normalized spacial score (nSPS) is 18.2. The number of hydrogen-bond donors (Lipinski definition) is 0. The van der Waals surface area contributed by atoms with Crippen molar-refractivity contribution >= 4 is 34.1 Å². The van der Waals surface area contributed by atoms with Gasteiger partial charge in [-0.15, -0.1) is 141 Å². The van der Waals surface area contributed by atoms with Gasteiger partial charge in [-0.25, -0.2) is 0 Å². The number of hydrogen-bond acceptors (Lipinski definition) is 6. The molecule has 18 rings (SSSR count). The SMILES string of the molecule is [2H]c1nc(-c2[c-]cc(C([2H])([2H])[2H])c([N+]#[C-])c2)n(-c2c(C([2H])([2H])[2H])cccc2C([2H])([2H])[2H])c1[2H].[2H]c1nc(-c2[c-]cc(C([2H])([2H])[2H])c([N+]#[C-])c2)n(-c2c(C([2H])([2H])[2H])cccc2C([2H])([2H])[2H])c1[2H].[2H]c1nc(-c2[c-]cc(C)c([N+]#[C-])c2)n(-c2c(C([2H])(C)C([2H])([2H])[2H])cccc2C([2H])(C)C([2H])([2H])[2H])c1[2H].[2H]c1nc(-c2[c-]cc(F)c([N+]#[C-])c2)n(-c2c(C([2H])([2H])[2H])cccc2C([2H])([2H])[2H])c1[2H].[2H]c1nc(-c2[c-]ccc([N+]#[C-])c2)n(-c2c(C([2H])(C)C([2H])([2H])[2H])cccc2C([2H])(C)C([2H])([2H])[2H])c1[2H].[2H]c1nc(-c2[c-]ccc([N+]#[C-])c2)n(-c2c(C)cccc2C)c1[2H].[Ir].[Ir].[Ir].[Ir].[Ir].[Ir]. The van der Waals surface area contributed by atoms with E-state index in [1.807, 2.05) is 32.0 Å². The van der Waals surface area contributed by atoms with Gasteiger partial charge in [0, 0.05) is 289 Å². The van der Waals surface area contributed by atoms with Gasteiger partial charge in [0.05, 0.1) is 90.8 Å². The van der Waals surface area contributed by atoms with Crippen LogP contribution in [-0.4, -0.2) is 57.3 Å². The minimum atomic E-state index is -2.86.